The molecule has 0 saturated heterocycles. The third-order valence-electron chi connectivity index (χ3n) is 3.38. The van der Waals surface area contributed by atoms with Gasteiger partial charge in [-0.3, -0.25) is 9.59 Å². The van der Waals surface area contributed by atoms with Gasteiger partial charge in [-0.15, -0.1) is 0 Å². The van der Waals surface area contributed by atoms with Gasteiger partial charge in [-0.25, -0.2) is 4.98 Å². The molecule has 132 valence electrons. The monoisotopic (exact) mass is 343 g/mol. The van der Waals surface area contributed by atoms with E-state index in [1.165, 1.54) is 13.1 Å². The van der Waals surface area contributed by atoms with Crippen LogP contribution in [0.15, 0.2) is 42.6 Å². The molecule has 7 heteroatoms. The van der Waals surface area contributed by atoms with Crippen LogP contribution in [0, 0.1) is 0 Å². The van der Waals surface area contributed by atoms with E-state index in [1.807, 2.05) is 31.2 Å². The molecule has 0 radical (unpaired) electrons. The van der Waals surface area contributed by atoms with Crippen molar-refractivity contribution in [2.45, 2.75) is 19.9 Å². The maximum atomic E-state index is 12.0. The van der Waals surface area contributed by atoms with Crippen LogP contribution in [-0.2, 0) is 9.59 Å². The summed E-state index contributed by atoms with van der Waals surface area (Å²) in [7, 11) is 1.60. The zero-order chi connectivity index (χ0) is 18.2. The maximum absolute atomic E-state index is 12.0. The van der Waals surface area contributed by atoms with Gasteiger partial charge in [0, 0.05) is 13.0 Å². The number of rotatable bonds is 7. The highest BCUT2D eigenvalue weighted by Gasteiger charge is 2.11. The molecule has 2 rings (SSSR count). The molecule has 1 aromatic carbocycles. The van der Waals surface area contributed by atoms with E-state index in [-0.39, 0.29) is 24.5 Å². The van der Waals surface area contributed by atoms with Gasteiger partial charge in [0.15, 0.2) is 6.61 Å². The minimum absolute atomic E-state index is 0.152. The minimum atomic E-state index is -0.261. The van der Waals surface area contributed by atoms with Gasteiger partial charge >= 0.3 is 0 Å². The lowest BCUT2D eigenvalue weighted by atomic mass is 10.1. The first-order chi connectivity index (χ1) is 12.0. The van der Waals surface area contributed by atoms with Crippen LogP contribution < -0.4 is 20.1 Å². The Morgan fingerprint density at radius 1 is 1.24 bits per heavy atom. The molecule has 0 bridgehead atoms. The normalized spacial score (nSPS) is 11.3. The summed E-state index contributed by atoms with van der Waals surface area (Å²) in [6.07, 6.45) is 1.47. The van der Waals surface area contributed by atoms with Crippen LogP contribution in [-0.4, -0.2) is 30.5 Å². The van der Waals surface area contributed by atoms with E-state index in [0.717, 1.165) is 11.3 Å². The molecule has 0 spiro atoms. The van der Waals surface area contributed by atoms with Crippen molar-refractivity contribution in [2.75, 3.05) is 19.0 Å². The first kappa shape index (κ1) is 18.3. The summed E-state index contributed by atoms with van der Waals surface area (Å²) in [4.78, 5) is 27.0. The molecule has 0 fully saturated rings. The Morgan fingerprint density at radius 2 is 2.04 bits per heavy atom. The molecule has 7 nitrogen and oxygen atoms in total. The molecule has 2 aromatic rings. The van der Waals surface area contributed by atoms with Crippen molar-refractivity contribution in [3.8, 4) is 11.6 Å². The number of anilines is 1. The van der Waals surface area contributed by atoms with E-state index >= 15 is 0 Å². The summed E-state index contributed by atoms with van der Waals surface area (Å²) in [5.74, 6) is 0.598. The van der Waals surface area contributed by atoms with E-state index < -0.39 is 0 Å². The summed E-state index contributed by atoms with van der Waals surface area (Å²) in [5.41, 5.74) is 1.50. The fraction of sp³-hybridized carbons (Fsp3) is 0.278. The number of ether oxygens (including phenoxy) is 2. The molecule has 0 aliphatic heterocycles. The standard InChI is InChI=1S/C18H21N3O4/c1-12(14-5-4-6-16(9-14)24-3)20-17(23)11-25-18-8-7-15(10-19-18)21-13(2)22/h4-10,12H,11H2,1-3H3,(H,20,23)(H,21,22). The molecular formula is C18H21N3O4. The predicted octanol–water partition coefficient (Wildman–Crippen LogP) is 2.30. The predicted molar refractivity (Wildman–Crippen MR) is 93.6 cm³/mol. The molecule has 2 N–H and O–H groups in total. The molecule has 1 atom stereocenters. The van der Waals surface area contributed by atoms with Gasteiger partial charge in [0.2, 0.25) is 11.8 Å². The van der Waals surface area contributed by atoms with Crippen molar-refractivity contribution in [3.63, 3.8) is 0 Å². The second-order valence-corrected chi connectivity index (χ2v) is 5.42. The second kappa shape index (κ2) is 8.68. The molecular weight excluding hydrogens is 322 g/mol. The van der Waals surface area contributed by atoms with Gasteiger partial charge in [-0.1, -0.05) is 12.1 Å². The summed E-state index contributed by atoms with van der Waals surface area (Å²) in [6, 6.07) is 10.6. The first-order valence-corrected chi connectivity index (χ1v) is 7.77. The first-order valence-electron chi connectivity index (χ1n) is 7.77. The lowest BCUT2D eigenvalue weighted by molar-refractivity contribution is -0.123. The zero-order valence-electron chi connectivity index (χ0n) is 14.4. The van der Waals surface area contributed by atoms with Crippen molar-refractivity contribution in [2.24, 2.45) is 0 Å². The zero-order valence-corrected chi connectivity index (χ0v) is 14.4. The molecule has 0 aliphatic carbocycles. The average Bonchev–Trinajstić information content (AvgIpc) is 2.60. The van der Waals surface area contributed by atoms with Crippen LogP contribution in [0.25, 0.3) is 0 Å². The van der Waals surface area contributed by atoms with Crippen molar-refractivity contribution < 1.29 is 19.1 Å². The van der Waals surface area contributed by atoms with E-state index in [2.05, 4.69) is 15.6 Å². The number of methoxy groups -OCH3 is 1. The van der Waals surface area contributed by atoms with Crippen LogP contribution >= 0.6 is 0 Å². The molecule has 2 amide bonds. The van der Waals surface area contributed by atoms with E-state index in [9.17, 15) is 9.59 Å². The Labute approximate surface area is 146 Å². The maximum Gasteiger partial charge on any atom is 0.258 e. The van der Waals surface area contributed by atoms with Crippen LogP contribution in [0.1, 0.15) is 25.5 Å². The number of hydrogen-bond donors (Lipinski definition) is 2. The second-order valence-electron chi connectivity index (χ2n) is 5.42. The molecule has 0 aliphatic rings. The Morgan fingerprint density at radius 3 is 2.68 bits per heavy atom. The minimum Gasteiger partial charge on any atom is -0.497 e. The topological polar surface area (TPSA) is 89.5 Å². The van der Waals surface area contributed by atoms with Crippen LogP contribution in [0.5, 0.6) is 11.6 Å². The fourth-order valence-corrected chi connectivity index (χ4v) is 2.16. The highest BCUT2D eigenvalue weighted by atomic mass is 16.5. The molecule has 1 aromatic heterocycles. The van der Waals surface area contributed by atoms with Crippen molar-refractivity contribution in [1.82, 2.24) is 10.3 Å². The van der Waals surface area contributed by atoms with Crippen LogP contribution in [0.2, 0.25) is 0 Å². The number of nitrogens with one attached hydrogen (secondary N) is 2. The van der Waals surface area contributed by atoms with Gasteiger partial charge in [-0.05, 0) is 30.7 Å². The number of aromatic nitrogens is 1. The Bertz CT molecular complexity index is 731. The number of pyridine rings is 1. The van der Waals surface area contributed by atoms with Crippen molar-refractivity contribution in [3.05, 3.63) is 48.2 Å². The van der Waals surface area contributed by atoms with Gasteiger partial charge < -0.3 is 20.1 Å². The number of amides is 2. The number of benzene rings is 1. The number of carbonyl (C=O) groups is 2. The quantitative estimate of drug-likeness (QED) is 0.805. The summed E-state index contributed by atoms with van der Waals surface area (Å²) >= 11 is 0. The smallest absolute Gasteiger partial charge is 0.258 e. The molecule has 25 heavy (non-hydrogen) atoms. The van der Waals surface area contributed by atoms with Crippen molar-refractivity contribution >= 4 is 17.5 Å². The lowest BCUT2D eigenvalue weighted by Gasteiger charge is -2.15. The molecule has 0 saturated carbocycles. The van der Waals surface area contributed by atoms with Gasteiger partial charge in [0.1, 0.15) is 5.75 Å². The SMILES string of the molecule is COc1cccc(C(C)NC(=O)COc2ccc(NC(C)=O)cn2)c1. The largest absolute Gasteiger partial charge is 0.497 e. The van der Waals surface area contributed by atoms with E-state index in [4.69, 9.17) is 9.47 Å². The lowest BCUT2D eigenvalue weighted by Crippen LogP contribution is -2.31. The molecule has 1 unspecified atom stereocenters. The highest BCUT2D eigenvalue weighted by Crippen LogP contribution is 2.18. The third-order valence-corrected chi connectivity index (χ3v) is 3.38. The molecule has 1 heterocycles. The Kier molecular flexibility index (Phi) is 6.33. The number of hydrogen-bond acceptors (Lipinski definition) is 5. The van der Waals surface area contributed by atoms with Gasteiger partial charge in [0.05, 0.1) is 25.0 Å². The van der Waals surface area contributed by atoms with Crippen LogP contribution in [0.3, 0.4) is 0 Å². The number of carbonyl (C=O) groups excluding carboxylic acids is 2. The van der Waals surface area contributed by atoms with E-state index in [0.29, 0.717) is 11.6 Å². The number of nitrogens with zero attached hydrogens (tertiary/aromatic N) is 1. The van der Waals surface area contributed by atoms with Crippen LogP contribution in [0.4, 0.5) is 5.69 Å². The van der Waals surface area contributed by atoms with Crippen molar-refractivity contribution in [1.29, 1.82) is 0 Å². The summed E-state index contributed by atoms with van der Waals surface area (Å²) in [5, 5.41) is 5.45. The van der Waals surface area contributed by atoms with E-state index in [1.54, 1.807) is 19.2 Å². The summed E-state index contributed by atoms with van der Waals surface area (Å²) in [6.45, 7) is 3.15. The summed E-state index contributed by atoms with van der Waals surface area (Å²) < 4.78 is 10.5. The Hall–Kier alpha value is -3.09. The Balaban J connectivity index is 1.84. The van der Waals surface area contributed by atoms with Gasteiger partial charge in [0.25, 0.3) is 5.91 Å². The van der Waals surface area contributed by atoms with Gasteiger partial charge in [-0.2, -0.15) is 0 Å². The third kappa shape index (κ3) is 5.80. The highest BCUT2D eigenvalue weighted by molar-refractivity contribution is 5.88. The fourth-order valence-electron chi connectivity index (χ4n) is 2.16. The average molecular weight is 343 g/mol.